The van der Waals surface area contributed by atoms with E-state index in [2.05, 4.69) is 41.4 Å². The fourth-order valence-electron chi connectivity index (χ4n) is 3.54. The lowest BCUT2D eigenvalue weighted by molar-refractivity contribution is 0.324. The van der Waals surface area contributed by atoms with Gasteiger partial charge in [0, 0.05) is 18.2 Å². The predicted octanol–water partition coefficient (Wildman–Crippen LogP) is 4.93. The van der Waals surface area contributed by atoms with Crippen LogP contribution in [0.15, 0.2) is 60.9 Å². The molecule has 0 aliphatic heterocycles. The molecular weight excluding hydrogens is 352 g/mol. The van der Waals surface area contributed by atoms with Crippen molar-refractivity contribution in [2.45, 2.75) is 0 Å². The third-order valence-corrected chi connectivity index (χ3v) is 4.90. The zero-order valence-electron chi connectivity index (χ0n) is 16.4. The second kappa shape index (κ2) is 7.27. The Morgan fingerprint density at radius 2 is 1.43 bits per heavy atom. The normalized spacial score (nSPS) is 10.9. The van der Waals surface area contributed by atoms with E-state index in [1.807, 2.05) is 36.1 Å². The van der Waals surface area contributed by atoms with E-state index in [1.165, 1.54) is 10.8 Å². The Labute approximate surface area is 164 Å². The highest BCUT2D eigenvalue weighted by molar-refractivity contribution is 5.90. The first-order valence-corrected chi connectivity index (χ1v) is 8.97. The van der Waals surface area contributed by atoms with Crippen LogP contribution >= 0.6 is 0 Å². The lowest BCUT2D eigenvalue weighted by atomic mass is 10.0. The third-order valence-electron chi connectivity index (χ3n) is 4.90. The fraction of sp³-hybridized carbons (Fsp3) is 0.174. The Kier molecular flexibility index (Phi) is 4.65. The lowest BCUT2D eigenvalue weighted by Crippen LogP contribution is -1.97. The molecule has 5 nitrogen and oxygen atoms in total. The first kappa shape index (κ1) is 17.9. The number of aryl methyl sites for hydroxylation is 1. The fourth-order valence-corrected chi connectivity index (χ4v) is 3.54. The summed E-state index contributed by atoms with van der Waals surface area (Å²) in [4.78, 5) is 4.66. The molecule has 1 aromatic heterocycles. The molecule has 0 bridgehead atoms. The van der Waals surface area contributed by atoms with E-state index < -0.39 is 0 Å². The number of aromatic nitrogens is 2. The molecule has 0 radical (unpaired) electrons. The molecule has 0 aliphatic rings. The number of nitrogens with zero attached hydrogens (tertiary/aromatic N) is 2. The molecule has 4 aromatic rings. The molecular formula is C23H22N2O3. The second-order valence-electron chi connectivity index (χ2n) is 6.53. The first-order valence-electron chi connectivity index (χ1n) is 8.97. The van der Waals surface area contributed by atoms with Gasteiger partial charge in [0.2, 0.25) is 5.75 Å². The Hall–Kier alpha value is -3.47. The van der Waals surface area contributed by atoms with Gasteiger partial charge >= 0.3 is 0 Å². The third kappa shape index (κ3) is 2.95. The van der Waals surface area contributed by atoms with Crippen molar-refractivity contribution in [2.24, 2.45) is 7.05 Å². The quantitative estimate of drug-likeness (QED) is 0.497. The van der Waals surface area contributed by atoms with Crippen molar-refractivity contribution < 1.29 is 14.2 Å². The Morgan fingerprint density at radius 3 is 2.07 bits per heavy atom. The number of imidazole rings is 1. The van der Waals surface area contributed by atoms with Crippen molar-refractivity contribution in [1.29, 1.82) is 0 Å². The van der Waals surface area contributed by atoms with E-state index >= 15 is 0 Å². The van der Waals surface area contributed by atoms with Crippen LogP contribution in [-0.2, 0) is 7.05 Å². The van der Waals surface area contributed by atoms with Crippen molar-refractivity contribution in [2.75, 3.05) is 21.3 Å². The summed E-state index contributed by atoms with van der Waals surface area (Å²) in [6.45, 7) is 0. The lowest BCUT2D eigenvalue weighted by Gasteiger charge is -2.14. The molecule has 0 saturated carbocycles. The largest absolute Gasteiger partial charge is 0.493 e. The summed E-state index contributed by atoms with van der Waals surface area (Å²) in [7, 11) is 6.83. The monoisotopic (exact) mass is 374 g/mol. The Bertz CT molecular complexity index is 1120. The number of fused-ring (bicyclic) bond motifs is 1. The summed E-state index contributed by atoms with van der Waals surface area (Å²) in [5, 5.41) is 2.40. The smallest absolute Gasteiger partial charge is 0.203 e. The molecule has 0 atom stereocenters. The van der Waals surface area contributed by atoms with Crippen LogP contribution in [0.3, 0.4) is 0 Å². The summed E-state index contributed by atoms with van der Waals surface area (Å²) in [5.74, 6) is 1.77. The van der Waals surface area contributed by atoms with Crippen LogP contribution in [0.5, 0.6) is 17.2 Å². The molecule has 4 rings (SSSR count). The molecule has 1 heterocycles. The van der Waals surface area contributed by atoms with Gasteiger partial charge in [0.15, 0.2) is 11.5 Å². The molecule has 28 heavy (non-hydrogen) atoms. The van der Waals surface area contributed by atoms with E-state index in [0.29, 0.717) is 17.2 Å². The molecule has 0 aliphatic carbocycles. The van der Waals surface area contributed by atoms with Gasteiger partial charge in [0.05, 0.1) is 39.0 Å². The van der Waals surface area contributed by atoms with Crippen LogP contribution < -0.4 is 14.2 Å². The minimum absolute atomic E-state index is 0.567. The minimum atomic E-state index is 0.567. The maximum Gasteiger partial charge on any atom is 0.203 e. The van der Waals surface area contributed by atoms with Gasteiger partial charge in [-0.3, -0.25) is 0 Å². The summed E-state index contributed by atoms with van der Waals surface area (Å²) in [6.07, 6.45) is 1.82. The minimum Gasteiger partial charge on any atom is -0.493 e. The van der Waals surface area contributed by atoms with Crippen LogP contribution in [0.2, 0.25) is 0 Å². The standard InChI is InChI=1S/C23H22N2O3/c1-25-14-24-21(18-12-19(26-2)23(28-4)20(13-18)27-3)22(25)17-10-9-15-7-5-6-8-16(15)11-17/h5-14H,1-4H3. The number of benzene rings is 3. The van der Waals surface area contributed by atoms with Crippen LogP contribution in [0.25, 0.3) is 33.3 Å². The molecule has 0 spiro atoms. The highest BCUT2D eigenvalue weighted by atomic mass is 16.5. The van der Waals surface area contributed by atoms with Gasteiger partial charge in [0.25, 0.3) is 0 Å². The SMILES string of the molecule is COc1cc(-c2ncn(C)c2-c2ccc3ccccc3c2)cc(OC)c1OC. The second-order valence-corrected chi connectivity index (χ2v) is 6.53. The van der Waals surface area contributed by atoms with Crippen molar-refractivity contribution in [1.82, 2.24) is 9.55 Å². The molecule has 0 fully saturated rings. The maximum atomic E-state index is 5.51. The van der Waals surface area contributed by atoms with Crippen LogP contribution in [0.4, 0.5) is 0 Å². The van der Waals surface area contributed by atoms with E-state index in [0.717, 1.165) is 22.5 Å². The number of rotatable bonds is 5. The summed E-state index contributed by atoms with van der Waals surface area (Å²) < 4.78 is 18.5. The molecule has 0 unspecified atom stereocenters. The number of hydrogen-bond donors (Lipinski definition) is 0. The van der Waals surface area contributed by atoms with E-state index in [9.17, 15) is 0 Å². The van der Waals surface area contributed by atoms with E-state index in [-0.39, 0.29) is 0 Å². The van der Waals surface area contributed by atoms with Gasteiger partial charge in [0.1, 0.15) is 0 Å². The highest BCUT2D eigenvalue weighted by Gasteiger charge is 2.19. The molecule has 142 valence electrons. The molecule has 0 saturated heterocycles. The van der Waals surface area contributed by atoms with Crippen LogP contribution in [0.1, 0.15) is 0 Å². The maximum absolute atomic E-state index is 5.51. The summed E-state index contributed by atoms with van der Waals surface area (Å²) >= 11 is 0. The molecule has 5 heteroatoms. The van der Waals surface area contributed by atoms with Crippen LogP contribution in [0, 0.1) is 0 Å². The number of ether oxygens (including phenoxy) is 3. The average molecular weight is 374 g/mol. The zero-order valence-corrected chi connectivity index (χ0v) is 16.4. The van der Waals surface area contributed by atoms with Crippen LogP contribution in [-0.4, -0.2) is 30.9 Å². The van der Waals surface area contributed by atoms with Crippen molar-refractivity contribution in [3.05, 3.63) is 60.9 Å². The van der Waals surface area contributed by atoms with Gasteiger partial charge in [-0.2, -0.15) is 0 Å². The van der Waals surface area contributed by atoms with Crippen molar-refractivity contribution in [3.8, 4) is 39.8 Å². The Balaban J connectivity index is 1.91. The molecule has 3 aromatic carbocycles. The predicted molar refractivity (Wildman–Crippen MR) is 111 cm³/mol. The molecule has 0 amide bonds. The topological polar surface area (TPSA) is 45.5 Å². The summed E-state index contributed by atoms with van der Waals surface area (Å²) in [5.41, 5.74) is 3.89. The summed E-state index contributed by atoms with van der Waals surface area (Å²) in [6, 6.07) is 18.6. The highest BCUT2D eigenvalue weighted by Crippen LogP contribution is 2.43. The zero-order chi connectivity index (χ0) is 19.7. The number of hydrogen-bond acceptors (Lipinski definition) is 4. The van der Waals surface area contributed by atoms with Gasteiger partial charge in [-0.1, -0.05) is 36.4 Å². The Morgan fingerprint density at radius 1 is 0.750 bits per heavy atom. The average Bonchev–Trinajstić information content (AvgIpc) is 3.13. The first-order chi connectivity index (χ1) is 13.7. The van der Waals surface area contributed by atoms with E-state index in [1.54, 1.807) is 21.3 Å². The van der Waals surface area contributed by atoms with Gasteiger partial charge < -0.3 is 18.8 Å². The van der Waals surface area contributed by atoms with Gasteiger partial charge in [-0.15, -0.1) is 0 Å². The van der Waals surface area contributed by atoms with Gasteiger partial charge in [-0.25, -0.2) is 4.98 Å². The number of methoxy groups -OCH3 is 3. The van der Waals surface area contributed by atoms with Crippen molar-refractivity contribution >= 4 is 10.8 Å². The molecule has 0 N–H and O–H groups in total. The van der Waals surface area contributed by atoms with Crippen molar-refractivity contribution in [3.63, 3.8) is 0 Å². The van der Waals surface area contributed by atoms with E-state index in [4.69, 9.17) is 14.2 Å². The van der Waals surface area contributed by atoms with Gasteiger partial charge in [-0.05, 0) is 29.0 Å².